The molecule has 9 nitrogen and oxygen atoms in total. The van der Waals surface area contributed by atoms with Crippen molar-refractivity contribution in [3.8, 4) is 0 Å². The Labute approximate surface area is 112 Å². The molecule has 0 aromatic carbocycles. The molecular formula is C8H12FeO9. The molecule has 0 saturated heterocycles. The maximum atomic E-state index is 10.3. The summed E-state index contributed by atoms with van der Waals surface area (Å²) >= 11 is 0. The normalized spacial score (nSPS) is 9.22. The SMILES string of the molecule is CC(=O)O.O=C(O)CC(O)(CC(=O)O)C(=O)O.[Fe]. The molecule has 0 radical (unpaired) electrons. The molecule has 0 unspecified atom stereocenters. The molecule has 0 aliphatic rings. The van der Waals surface area contributed by atoms with Gasteiger partial charge in [-0.2, -0.15) is 0 Å². The molecule has 0 aromatic heterocycles. The summed E-state index contributed by atoms with van der Waals surface area (Å²) in [6, 6.07) is 0. The molecular weight excluding hydrogens is 296 g/mol. The van der Waals surface area contributed by atoms with E-state index in [0.717, 1.165) is 6.92 Å². The summed E-state index contributed by atoms with van der Waals surface area (Å²) in [4.78, 5) is 39.5. The Bertz CT molecular complexity index is 305. The molecule has 0 fully saturated rings. The number of carboxylic acid groups (broad SMARTS) is 4. The summed E-state index contributed by atoms with van der Waals surface area (Å²) in [6.45, 7) is 1.08. The van der Waals surface area contributed by atoms with Gasteiger partial charge in [0.2, 0.25) is 0 Å². The maximum Gasteiger partial charge on any atom is 0.336 e. The largest absolute Gasteiger partial charge is 0.481 e. The number of carboxylic acids is 4. The van der Waals surface area contributed by atoms with Gasteiger partial charge in [0.15, 0.2) is 5.60 Å². The second-order valence-electron chi connectivity index (χ2n) is 3.00. The van der Waals surface area contributed by atoms with E-state index in [1.165, 1.54) is 0 Å². The summed E-state index contributed by atoms with van der Waals surface area (Å²) in [5, 5.41) is 41.2. The van der Waals surface area contributed by atoms with Crippen LogP contribution in [-0.4, -0.2) is 55.0 Å². The fourth-order valence-corrected chi connectivity index (χ4v) is 0.714. The predicted molar refractivity (Wildman–Crippen MR) is 50.4 cm³/mol. The molecule has 0 aliphatic carbocycles. The van der Waals surface area contributed by atoms with E-state index in [1.54, 1.807) is 0 Å². The third-order valence-corrected chi connectivity index (χ3v) is 1.29. The van der Waals surface area contributed by atoms with Gasteiger partial charge in [0.25, 0.3) is 5.97 Å². The van der Waals surface area contributed by atoms with Gasteiger partial charge in [0.05, 0.1) is 12.8 Å². The number of rotatable bonds is 5. The van der Waals surface area contributed by atoms with Gasteiger partial charge in [0.1, 0.15) is 0 Å². The van der Waals surface area contributed by atoms with Crippen LogP contribution >= 0.6 is 0 Å². The second kappa shape index (κ2) is 9.40. The van der Waals surface area contributed by atoms with Crippen molar-refractivity contribution < 1.29 is 61.8 Å². The van der Waals surface area contributed by atoms with Gasteiger partial charge < -0.3 is 25.5 Å². The third kappa shape index (κ3) is 12.4. The molecule has 18 heavy (non-hydrogen) atoms. The maximum absolute atomic E-state index is 10.3. The first kappa shape index (κ1) is 21.6. The van der Waals surface area contributed by atoms with Crippen LogP contribution in [0.15, 0.2) is 0 Å². The topological polar surface area (TPSA) is 169 Å². The quantitative estimate of drug-likeness (QED) is 0.393. The van der Waals surface area contributed by atoms with Crippen LogP contribution in [0.5, 0.6) is 0 Å². The van der Waals surface area contributed by atoms with Crippen molar-refractivity contribution >= 4 is 23.9 Å². The van der Waals surface area contributed by atoms with Gasteiger partial charge in [-0.1, -0.05) is 0 Å². The molecule has 0 bridgehead atoms. The van der Waals surface area contributed by atoms with Crippen LogP contribution in [0.3, 0.4) is 0 Å². The summed E-state index contributed by atoms with van der Waals surface area (Å²) < 4.78 is 0. The Morgan fingerprint density at radius 2 is 1.11 bits per heavy atom. The number of carbonyl (C=O) groups is 4. The van der Waals surface area contributed by atoms with Crippen LogP contribution in [0.2, 0.25) is 0 Å². The monoisotopic (exact) mass is 308 g/mol. The Morgan fingerprint density at radius 1 is 0.889 bits per heavy atom. The van der Waals surface area contributed by atoms with Crippen LogP contribution in [0, 0.1) is 0 Å². The zero-order valence-corrected chi connectivity index (χ0v) is 10.2. The van der Waals surface area contributed by atoms with Crippen molar-refractivity contribution in [3.63, 3.8) is 0 Å². The molecule has 106 valence electrons. The Morgan fingerprint density at radius 3 is 1.22 bits per heavy atom. The van der Waals surface area contributed by atoms with Crippen LogP contribution in [0.1, 0.15) is 19.8 Å². The van der Waals surface area contributed by atoms with E-state index >= 15 is 0 Å². The van der Waals surface area contributed by atoms with Crippen molar-refractivity contribution in [1.82, 2.24) is 0 Å². The van der Waals surface area contributed by atoms with Crippen LogP contribution in [-0.2, 0) is 36.2 Å². The molecule has 0 rings (SSSR count). The average molecular weight is 308 g/mol. The van der Waals surface area contributed by atoms with E-state index in [1.807, 2.05) is 0 Å². The Balaban J connectivity index is -0.000000392. The summed E-state index contributed by atoms with van der Waals surface area (Å²) in [5.74, 6) is -5.85. The molecule has 0 atom stereocenters. The first-order valence-corrected chi connectivity index (χ1v) is 4.10. The number of aliphatic carboxylic acids is 4. The molecule has 0 saturated carbocycles. The minimum atomic E-state index is -2.74. The molecule has 5 N–H and O–H groups in total. The molecule has 0 aliphatic heterocycles. The number of aliphatic hydroxyl groups is 1. The molecule has 0 heterocycles. The smallest absolute Gasteiger partial charge is 0.336 e. The van der Waals surface area contributed by atoms with E-state index in [-0.39, 0.29) is 17.1 Å². The zero-order valence-electron chi connectivity index (χ0n) is 9.14. The predicted octanol–water partition coefficient (Wildman–Crippen LogP) is -1.16. The standard InChI is InChI=1S/C6H8O7.C2H4O2.Fe/c7-3(8)1-6(13,5(11)12)2-4(9)10;1-2(3)4;/h13H,1-2H2,(H,7,8)(H,9,10)(H,11,12);1H3,(H,3,4);. The molecule has 10 heteroatoms. The Kier molecular flexibility index (Phi) is 11.3. The first-order valence-electron chi connectivity index (χ1n) is 4.10. The van der Waals surface area contributed by atoms with Crippen molar-refractivity contribution in [1.29, 1.82) is 0 Å². The van der Waals surface area contributed by atoms with Crippen molar-refractivity contribution in [2.24, 2.45) is 0 Å². The van der Waals surface area contributed by atoms with Crippen molar-refractivity contribution in [3.05, 3.63) is 0 Å². The van der Waals surface area contributed by atoms with Crippen LogP contribution in [0.25, 0.3) is 0 Å². The van der Waals surface area contributed by atoms with E-state index in [0.29, 0.717) is 0 Å². The van der Waals surface area contributed by atoms with Crippen LogP contribution in [0.4, 0.5) is 0 Å². The third-order valence-electron chi connectivity index (χ3n) is 1.29. The summed E-state index contributed by atoms with van der Waals surface area (Å²) in [5.41, 5.74) is -2.74. The van der Waals surface area contributed by atoms with Gasteiger partial charge in [-0.05, 0) is 0 Å². The second-order valence-corrected chi connectivity index (χ2v) is 3.00. The van der Waals surface area contributed by atoms with E-state index in [2.05, 4.69) is 0 Å². The van der Waals surface area contributed by atoms with E-state index in [4.69, 9.17) is 30.3 Å². The average Bonchev–Trinajstić information content (AvgIpc) is 1.98. The van der Waals surface area contributed by atoms with Gasteiger partial charge in [0, 0.05) is 24.0 Å². The van der Waals surface area contributed by atoms with Gasteiger partial charge in [-0.25, -0.2) is 4.79 Å². The van der Waals surface area contributed by atoms with Gasteiger partial charge >= 0.3 is 17.9 Å². The number of hydrogen-bond acceptors (Lipinski definition) is 5. The van der Waals surface area contributed by atoms with E-state index in [9.17, 15) is 14.4 Å². The minimum Gasteiger partial charge on any atom is -0.481 e. The summed E-state index contributed by atoms with van der Waals surface area (Å²) in [6.07, 6.45) is -2.29. The summed E-state index contributed by atoms with van der Waals surface area (Å²) in [7, 11) is 0. The Hall–Kier alpha value is -1.64. The molecule has 0 spiro atoms. The zero-order chi connectivity index (χ0) is 14.2. The fraction of sp³-hybridized carbons (Fsp3) is 0.500. The first-order chi connectivity index (χ1) is 7.51. The van der Waals surface area contributed by atoms with Crippen molar-refractivity contribution in [2.45, 2.75) is 25.4 Å². The molecule has 0 aromatic rings. The van der Waals surface area contributed by atoms with E-state index < -0.39 is 42.3 Å². The number of hydrogen-bond donors (Lipinski definition) is 5. The fourth-order valence-electron chi connectivity index (χ4n) is 0.714. The van der Waals surface area contributed by atoms with Crippen molar-refractivity contribution in [2.75, 3.05) is 0 Å². The van der Waals surface area contributed by atoms with Gasteiger partial charge in [-0.3, -0.25) is 14.4 Å². The molecule has 0 amide bonds. The van der Waals surface area contributed by atoms with Gasteiger partial charge in [-0.15, -0.1) is 0 Å². The van der Waals surface area contributed by atoms with Crippen LogP contribution < -0.4 is 0 Å². The minimum absolute atomic E-state index is 0.